The second-order valence-electron chi connectivity index (χ2n) is 4.21. The highest BCUT2D eigenvalue weighted by Crippen LogP contribution is 2.20. The maximum absolute atomic E-state index is 5.57. The standard InChI is InChI=1S/C11H17N5S/c1-8(2)16-4-3-9(15-16)5-10(14-12)11-6-13-7-17-11/h3-4,6-8,10,14H,5,12H2,1-2H3. The smallest absolute Gasteiger partial charge is 0.0794 e. The van der Waals surface area contributed by atoms with Crippen LogP contribution in [0.15, 0.2) is 24.0 Å². The summed E-state index contributed by atoms with van der Waals surface area (Å²) in [6, 6.07) is 2.50. The number of hydrazine groups is 1. The van der Waals surface area contributed by atoms with E-state index in [1.807, 2.05) is 28.7 Å². The van der Waals surface area contributed by atoms with Crippen molar-refractivity contribution in [3.05, 3.63) is 34.5 Å². The molecule has 0 aliphatic heterocycles. The zero-order chi connectivity index (χ0) is 12.3. The van der Waals surface area contributed by atoms with Crippen LogP contribution in [0.3, 0.4) is 0 Å². The van der Waals surface area contributed by atoms with Crippen LogP contribution in [-0.4, -0.2) is 14.8 Å². The van der Waals surface area contributed by atoms with Gasteiger partial charge in [0.25, 0.3) is 0 Å². The maximum atomic E-state index is 5.57. The molecule has 0 amide bonds. The van der Waals surface area contributed by atoms with E-state index in [0.717, 1.165) is 17.0 Å². The van der Waals surface area contributed by atoms with E-state index in [2.05, 4.69) is 29.4 Å². The van der Waals surface area contributed by atoms with Gasteiger partial charge in [-0.1, -0.05) is 0 Å². The Morgan fingerprint density at radius 1 is 1.53 bits per heavy atom. The molecule has 0 fully saturated rings. The summed E-state index contributed by atoms with van der Waals surface area (Å²) in [7, 11) is 0. The van der Waals surface area contributed by atoms with Gasteiger partial charge in [-0.2, -0.15) is 5.10 Å². The average Bonchev–Trinajstić information content (AvgIpc) is 2.96. The van der Waals surface area contributed by atoms with E-state index in [0.29, 0.717) is 6.04 Å². The van der Waals surface area contributed by atoms with E-state index in [9.17, 15) is 0 Å². The van der Waals surface area contributed by atoms with Crippen LogP contribution in [0.4, 0.5) is 0 Å². The van der Waals surface area contributed by atoms with Crippen molar-refractivity contribution in [3.63, 3.8) is 0 Å². The number of hydrogen-bond donors (Lipinski definition) is 2. The molecule has 6 heteroatoms. The monoisotopic (exact) mass is 251 g/mol. The van der Waals surface area contributed by atoms with Crippen LogP contribution >= 0.6 is 11.3 Å². The van der Waals surface area contributed by atoms with Crippen molar-refractivity contribution in [1.29, 1.82) is 0 Å². The lowest BCUT2D eigenvalue weighted by molar-refractivity contribution is 0.509. The molecule has 1 unspecified atom stereocenters. The van der Waals surface area contributed by atoms with E-state index in [4.69, 9.17) is 5.84 Å². The first-order chi connectivity index (χ1) is 8.20. The van der Waals surface area contributed by atoms with Gasteiger partial charge >= 0.3 is 0 Å². The number of aromatic nitrogens is 3. The van der Waals surface area contributed by atoms with E-state index < -0.39 is 0 Å². The summed E-state index contributed by atoms with van der Waals surface area (Å²) in [4.78, 5) is 5.19. The summed E-state index contributed by atoms with van der Waals surface area (Å²) < 4.78 is 1.95. The first-order valence-corrected chi connectivity index (χ1v) is 6.47. The Bertz CT molecular complexity index is 448. The Labute approximate surface area is 105 Å². The lowest BCUT2D eigenvalue weighted by atomic mass is 10.1. The molecule has 0 saturated heterocycles. The average molecular weight is 251 g/mol. The summed E-state index contributed by atoms with van der Waals surface area (Å²) in [5.41, 5.74) is 5.66. The van der Waals surface area contributed by atoms with E-state index >= 15 is 0 Å². The van der Waals surface area contributed by atoms with Gasteiger partial charge in [-0.15, -0.1) is 11.3 Å². The van der Waals surface area contributed by atoms with Crippen molar-refractivity contribution in [2.45, 2.75) is 32.4 Å². The van der Waals surface area contributed by atoms with Gasteiger partial charge in [-0.25, -0.2) is 0 Å². The van der Waals surface area contributed by atoms with Gasteiger partial charge in [0.1, 0.15) is 0 Å². The van der Waals surface area contributed by atoms with Gasteiger partial charge in [-0.3, -0.25) is 20.9 Å². The lowest BCUT2D eigenvalue weighted by Gasteiger charge is -2.12. The molecule has 2 heterocycles. The van der Waals surface area contributed by atoms with E-state index in [-0.39, 0.29) is 6.04 Å². The predicted molar refractivity (Wildman–Crippen MR) is 68.5 cm³/mol. The highest BCUT2D eigenvalue weighted by Gasteiger charge is 2.14. The minimum Gasteiger partial charge on any atom is -0.271 e. The second-order valence-corrected chi connectivity index (χ2v) is 5.13. The summed E-state index contributed by atoms with van der Waals surface area (Å²) >= 11 is 1.60. The van der Waals surface area contributed by atoms with Gasteiger partial charge in [0.05, 0.1) is 17.2 Å². The first-order valence-electron chi connectivity index (χ1n) is 5.59. The zero-order valence-electron chi connectivity index (χ0n) is 10.00. The van der Waals surface area contributed by atoms with Crippen molar-refractivity contribution in [2.24, 2.45) is 5.84 Å². The van der Waals surface area contributed by atoms with E-state index in [1.54, 1.807) is 11.3 Å². The normalized spacial score (nSPS) is 13.2. The van der Waals surface area contributed by atoms with Gasteiger partial charge in [-0.05, 0) is 19.9 Å². The second kappa shape index (κ2) is 5.39. The summed E-state index contributed by atoms with van der Waals surface area (Å²) in [5.74, 6) is 5.57. The number of nitrogens with zero attached hydrogens (tertiary/aromatic N) is 3. The summed E-state index contributed by atoms with van der Waals surface area (Å²) in [5, 5.41) is 4.51. The van der Waals surface area contributed by atoms with Crippen LogP contribution in [0.25, 0.3) is 0 Å². The zero-order valence-corrected chi connectivity index (χ0v) is 10.8. The van der Waals surface area contributed by atoms with Crippen LogP contribution in [0.5, 0.6) is 0 Å². The summed E-state index contributed by atoms with van der Waals surface area (Å²) in [6.07, 6.45) is 4.62. The van der Waals surface area contributed by atoms with Crippen LogP contribution in [-0.2, 0) is 6.42 Å². The third-order valence-electron chi connectivity index (χ3n) is 2.60. The van der Waals surface area contributed by atoms with Crippen LogP contribution in [0.2, 0.25) is 0 Å². The molecule has 0 bridgehead atoms. The molecule has 0 aliphatic carbocycles. The van der Waals surface area contributed by atoms with Crippen LogP contribution < -0.4 is 11.3 Å². The van der Waals surface area contributed by atoms with Crippen LogP contribution in [0, 0.1) is 0 Å². The molecule has 2 aromatic rings. The quantitative estimate of drug-likeness (QED) is 0.626. The van der Waals surface area contributed by atoms with E-state index in [1.165, 1.54) is 0 Å². The van der Waals surface area contributed by atoms with Crippen molar-refractivity contribution in [1.82, 2.24) is 20.2 Å². The number of rotatable bonds is 5. The summed E-state index contributed by atoms with van der Waals surface area (Å²) in [6.45, 7) is 4.22. The number of thiazole rings is 1. The van der Waals surface area contributed by atoms with Gasteiger partial charge in [0, 0.05) is 29.7 Å². The molecule has 2 rings (SSSR count). The Morgan fingerprint density at radius 3 is 2.88 bits per heavy atom. The Hall–Kier alpha value is -1.24. The minimum absolute atomic E-state index is 0.0815. The number of hydrogen-bond acceptors (Lipinski definition) is 5. The third kappa shape index (κ3) is 2.91. The molecular weight excluding hydrogens is 234 g/mol. The molecule has 1 atom stereocenters. The molecule has 0 aromatic carbocycles. The van der Waals surface area contributed by atoms with Crippen molar-refractivity contribution in [3.8, 4) is 0 Å². The van der Waals surface area contributed by atoms with Gasteiger partial charge in [0.15, 0.2) is 0 Å². The molecule has 5 nitrogen and oxygen atoms in total. The highest BCUT2D eigenvalue weighted by molar-refractivity contribution is 7.09. The molecule has 0 radical (unpaired) electrons. The predicted octanol–water partition coefficient (Wildman–Crippen LogP) is 1.67. The SMILES string of the molecule is CC(C)n1ccc(CC(NN)c2cncs2)n1. The number of nitrogens with two attached hydrogens (primary N) is 1. The van der Waals surface area contributed by atoms with Crippen LogP contribution in [0.1, 0.15) is 36.5 Å². The lowest BCUT2D eigenvalue weighted by Crippen LogP contribution is -2.29. The number of nitrogens with one attached hydrogen (secondary N) is 1. The Balaban J connectivity index is 2.08. The Kier molecular flexibility index (Phi) is 3.88. The highest BCUT2D eigenvalue weighted by atomic mass is 32.1. The minimum atomic E-state index is 0.0815. The third-order valence-corrected chi connectivity index (χ3v) is 3.49. The van der Waals surface area contributed by atoms with Crippen molar-refractivity contribution < 1.29 is 0 Å². The molecule has 0 spiro atoms. The molecule has 2 aromatic heterocycles. The van der Waals surface area contributed by atoms with Crippen molar-refractivity contribution >= 4 is 11.3 Å². The molecular formula is C11H17N5S. The molecule has 17 heavy (non-hydrogen) atoms. The van der Waals surface area contributed by atoms with Crippen molar-refractivity contribution in [2.75, 3.05) is 0 Å². The largest absolute Gasteiger partial charge is 0.271 e. The fourth-order valence-electron chi connectivity index (χ4n) is 1.62. The molecule has 0 saturated carbocycles. The molecule has 92 valence electrons. The first kappa shape index (κ1) is 12.2. The molecule has 3 N–H and O–H groups in total. The fraction of sp³-hybridized carbons (Fsp3) is 0.455. The van der Waals surface area contributed by atoms with Gasteiger partial charge in [0.2, 0.25) is 0 Å². The molecule has 0 aliphatic rings. The topological polar surface area (TPSA) is 68.8 Å². The fourth-order valence-corrected chi connectivity index (χ4v) is 2.30. The van der Waals surface area contributed by atoms with Gasteiger partial charge < -0.3 is 0 Å². The Morgan fingerprint density at radius 2 is 2.35 bits per heavy atom. The maximum Gasteiger partial charge on any atom is 0.0794 e.